The molecule has 0 saturated carbocycles. The smallest absolute Gasteiger partial charge is 0.316 e. The summed E-state index contributed by atoms with van der Waals surface area (Å²) in [6, 6.07) is 3.47. The van der Waals surface area contributed by atoms with Crippen molar-refractivity contribution >= 4 is 24.0 Å². The molecule has 80 valence electrons. The highest BCUT2D eigenvalue weighted by molar-refractivity contribution is 6.30. The Balaban J connectivity index is 0.00000169. The highest BCUT2D eigenvalue weighted by Gasteiger charge is 2.37. The molecule has 2 N–H and O–H groups in total. The van der Waals surface area contributed by atoms with Gasteiger partial charge in [0, 0.05) is 5.02 Å². The fourth-order valence-electron chi connectivity index (χ4n) is 0.889. The van der Waals surface area contributed by atoms with E-state index in [2.05, 4.69) is 0 Å². The van der Waals surface area contributed by atoms with Gasteiger partial charge in [-0.2, -0.15) is 13.2 Å². The van der Waals surface area contributed by atoms with Gasteiger partial charge in [0.1, 0.15) is 6.04 Å². The van der Waals surface area contributed by atoms with Crippen LogP contribution in [0.15, 0.2) is 24.3 Å². The van der Waals surface area contributed by atoms with Crippen LogP contribution in [0.3, 0.4) is 0 Å². The quantitative estimate of drug-likeness (QED) is 0.808. The second-order valence-electron chi connectivity index (χ2n) is 2.57. The van der Waals surface area contributed by atoms with Gasteiger partial charge in [-0.25, -0.2) is 0 Å². The first kappa shape index (κ1) is 13.5. The summed E-state index contributed by atoms with van der Waals surface area (Å²) in [4.78, 5) is 0. The second kappa shape index (κ2) is 4.87. The predicted molar refractivity (Wildman–Crippen MR) is 51.7 cm³/mol. The predicted octanol–water partition coefficient (Wildman–Crippen LogP) is 3.32. The molecule has 0 aliphatic heterocycles. The van der Waals surface area contributed by atoms with E-state index in [9.17, 15) is 13.2 Å². The highest BCUT2D eigenvalue weighted by Crippen LogP contribution is 2.31. The van der Waals surface area contributed by atoms with E-state index in [0.717, 1.165) is 0 Å². The molecule has 0 aliphatic rings. The van der Waals surface area contributed by atoms with E-state index in [0.29, 0.717) is 0 Å². The van der Waals surface area contributed by atoms with E-state index in [4.69, 9.17) is 17.3 Å². The molecule has 0 saturated heterocycles. The molecule has 0 spiro atoms. The molecule has 1 aromatic rings. The lowest BCUT2D eigenvalue weighted by Gasteiger charge is -2.15. The maximum Gasteiger partial charge on any atom is 0.407 e. The van der Waals surface area contributed by atoms with Gasteiger partial charge < -0.3 is 5.73 Å². The van der Waals surface area contributed by atoms with E-state index >= 15 is 0 Å². The molecule has 1 atom stereocenters. The minimum absolute atomic E-state index is 0. The SMILES string of the molecule is Cl.N[C@@H](c1cccc(Cl)c1)C(F)(F)F. The Hall–Kier alpha value is -0.450. The van der Waals surface area contributed by atoms with Gasteiger partial charge in [0.2, 0.25) is 0 Å². The van der Waals surface area contributed by atoms with Gasteiger partial charge in [-0.1, -0.05) is 23.7 Å². The molecule has 1 aromatic carbocycles. The summed E-state index contributed by atoms with van der Waals surface area (Å²) in [6.07, 6.45) is -4.43. The van der Waals surface area contributed by atoms with E-state index in [-0.39, 0.29) is 23.0 Å². The number of rotatable bonds is 1. The lowest BCUT2D eigenvalue weighted by molar-refractivity contribution is -0.149. The lowest BCUT2D eigenvalue weighted by atomic mass is 10.1. The molecule has 0 aromatic heterocycles. The minimum Gasteiger partial charge on any atom is -0.316 e. The Kier molecular flexibility index (Phi) is 4.71. The molecule has 0 fully saturated rings. The molecule has 0 radical (unpaired) electrons. The van der Waals surface area contributed by atoms with E-state index in [1.807, 2.05) is 0 Å². The van der Waals surface area contributed by atoms with Gasteiger partial charge in [0.05, 0.1) is 0 Å². The van der Waals surface area contributed by atoms with Crippen LogP contribution < -0.4 is 5.73 Å². The van der Waals surface area contributed by atoms with Gasteiger partial charge in [0.15, 0.2) is 0 Å². The van der Waals surface area contributed by atoms with Crippen LogP contribution >= 0.6 is 24.0 Å². The molecule has 1 rings (SSSR count). The maximum atomic E-state index is 12.1. The van der Waals surface area contributed by atoms with Crippen molar-refractivity contribution in [1.29, 1.82) is 0 Å². The van der Waals surface area contributed by atoms with Crippen LogP contribution in [0.25, 0.3) is 0 Å². The summed E-state index contributed by atoms with van der Waals surface area (Å²) >= 11 is 5.52. The average molecular weight is 246 g/mol. The van der Waals surface area contributed by atoms with Crippen LogP contribution in [0.4, 0.5) is 13.2 Å². The average Bonchev–Trinajstić information content (AvgIpc) is 2.01. The Morgan fingerprint density at radius 1 is 1.29 bits per heavy atom. The third kappa shape index (κ3) is 3.36. The normalized spacial score (nSPS) is 13.2. The van der Waals surface area contributed by atoms with E-state index in [1.165, 1.54) is 24.3 Å². The topological polar surface area (TPSA) is 26.0 Å². The van der Waals surface area contributed by atoms with Crippen LogP contribution in [0.1, 0.15) is 11.6 Å². The van der Waals surface area contributed by atoms with E-state index in [1.54, 1.807) is 0 Å². The molecular formula is C8H8Cl2F3N. The molecule has 0 aliphatic carbocycles. The van der Waals surface area contributed by atoms with Crippen molar-refractivity contribution in [2.24, 2.45) is 5.73 Å². The van der Waals surface area contributed by atoms with Crippen molar-refractivity contribution < 1.29 is 13.2 Å². The standard InChI is InChI=1S/C8H7ClF3N.ClH/c9-6-3-1-2-5(4-6)7(13)8(10,11)12;/h1-4,7H,13H2;1H/t7-;/m0./s1. The Bertz CT molecular complexity index is 301. The molecule has 14 heavy (non-hydrogen) atoms. The molecule has 0 heterocycles. The molecule has 0 amide bonds. The van der Waals surface area contributed by atoms with Gasteiger partial charge in [-0.3, -0.25) is 0 Å². The summed E-state index contributed by atoms with van der Waals surface area (Å²) in [5, 5.41) is 0.247. The zero-order valence-corrected chi connectivity index (χ0v) is 8.46. The van der Waals surface area contributed by atoms with E-state index < -0.39 is 12.2 Å². The molecule has 6 heteroatoms. The largest absolute Gasteiger partial charge is 0.407 e. The Labute approximate surface area is 90.5 Å². The van der Waals surface area contributed by atoms with Crippen molar-refractivity contribution in [3.63, 3.8) is 0 Å². The molecular weight excluding hydrogens is 238 g/mol. The first-order valence-corrected chi connectivity index (χ1v) is 3.87. The fourth-order valence-corrected chi connectivity index (χ4v) is 1.09. The van der Waals surface area contributed by atoms with Crippen molar-refractivity contribution in [3.8, 4) is 0 Å². The lowest BCUT2D eigenvalue weighted by Crippen LogP contribution is -2.28. The summed E-state index contributed by atoms with van der Waals surface area (Å²) in [7, 11) is 0. The van der Waals surface area contributed by atoms with Crippen LogP contribution in [0, 0.1) is 0 Å². The Morgan fingerprint density at radius 3 is 2.29 bits per heavy atom. The maximum absolute atomic E-state index is 12.1. The van der Waals surface area contributed by atoms with Crippen LogP contribution in [-0.2, 0) is 0 Å². The highest BCUT2D eigenvalue weighted by atomic mass is 35.5. The third-order valence-electron chi connectivity index (χ3n) is 1.56. The molecule has 0 bridgehead atoms. The third-order valence-corrected chi connectivity index (χ3v) is 1.80. The molecule has 0 unspecified atom stereocenters. The van der Waals surface area contributed by atoms with Gasteiger partial charge >= 0.3 is 6.18 Å². The number of benzene rings is 1. The summed E-state index contributed by atoms with van der Waals surface area (Å²) in [6.45, 7) is 0. The summed E-state index contributed by atoms with van der Waals surface area (Å²) < 4.78 is 36.3. The fraction of sp³-hybridized carbons (Fsp3) is 0.250. The first-order chi connectivity index (χ1) is 5.91. The van der Waals surface area contributed by atoms with Crippen LogP contribution in [-0.4, -0.2) is 6.18 Å². The number of hydrogen-bond acceptors (Lipinski definition) is 1. The van der Waals surface area contributed by atoms with Crippen molar-refractivity contribution in [2.45, 2.75) is 12.2 Å². The van der Waals surface area contributed by atoms with Crippen LogP contribution in [0.2, 0.25) is 5.02 Å². The summed E-state index contributed by atoms with van der Waals surface area (Å²) in [5.41, 5.74) is 4.93. The van der Waals surface area contributed by atoms with Crippen molar-refractivity contribution in [2.75, 3.05) is 0 Å². The number of halogens is 5. The first-order valence-electron chi connectivity index (χ1n) is 3.49. The van der Waals surface area contributed by atoms with Crippen molar-refractivity contribution in [3.05, 3.63) is 34.9 Å². The van der Waals surface area contributed by atoms with Gasteiger partial charge in [0.25, 0.3) is 0 Å². The zero-order chi connectivity index (χ0) is 10.1. The van der Waals surface area contributed by atoms with Gasteiger partial charge in [-0.05, 0) is 17.7 Å². The Morgan fingerprint density at radius 2 is 1.86 bits per heavy atom. The number of alkyl halides is 3. The second-order valence-corrected chi connectivity index (χ2v) is 3.01. The monoisotopic (exact) mass is 245 g/mol. The molecule has 1 nitrogen and oxygen atoms in total. The van der Waals surface area contributed by atoms with Crippen LogP contribution in [0.5, 0.6) is 0 Å². The van der Waals surface area contributed by atoms with Gasteiger partial charge in [-0.15, -0.1) is 12.4 Å². The number of hydrogen-bond donors (Lipinski definition) is 1. The zero-order valence-electron chi connectivity index (χ0n) is 6.88. The van der Waals surface area contributed by atoms with Crippen molar-refractivity contribution in [1.82, 2.24) is 0 Å². The minimum atomic E-state index is -4.43. The number of nitrogens with two attached hydrogens (primary N) is 1. The summed E-state index contributed by atoms with van der Waals surface area (Å²) in [5.74, 6) is 0.